The first-order valence-corrected chi connectivity index (χ1v) is 7.88. The van der Waals surface area contributed by atoms with Gasteiger partial charge in [0.1, 0.15) is 0 Å². The third kappa shape index (κ3) is 2.08. The van der Waals surface area contributed by atoms with Gasteiger partial charge in [0, 0.05) is 17.3 Å². The molecule has 0 atom stereocenters. The second-order valence-corrected chi connectivity index (χ2v) is 6.21. The summed E-state index contributed by atoms with van der Waals surface area (Å²) in [6.07, 6.45) is 9.17. The van der Waals surface area contributed by atoms with E-state index in [0.717, 1.165) is 24.1 Å². The predicted molar refractivity (Wildman–Crippen MR) is 85.6 cm³/mol. The third-order valence-electron chi connectivity index (χ3n) is 5.05. The average molecular weight is 280 g/mol. The van der Waals surface area contributed by atoms with E-state index in [1.807, 2.05) is 6.20 Å². The number of oxime groups is 1. The molecule has 0 radical (unpaired) electrons. The summed E-state index contributed by atoms with van der Waals surface area (Å²) in [6.45, 7) is 0. The van der Waals surface area contributed by atoms with Crippen molar-refractivity contribution in [2.75, 3.05) is 0 Å². The van der Waals surface area contributed by atoms with Crippen LogP contribution in [0.25, 0.3) is 16.5 Å². The van der Waals surface area contributed by atoms with Crippen LogP contribution in [0.2, 0.25) is 0 Å². The maximum absolute atomic E-state index is 9.38. The van der Waals surface area contributed by atoms with Crippen LogP contribution in [0.5, 0.6) is 0 Å². The van der Waals surface area contributed by atoms with Gasteiger partial charge in [-0.15, -0.1) is 0 Å². The Labute approximate surface area is 124 Å². The largest absolute Gasteiger partial charge is 0.411 e. The summed E-state index contributed by atoms with van der Waals surface area (Å²) in [5.74, 6) is 0.696. The van der Waals surface area contributed by atoms with E-state index >= 15 is 0 Å². The fourth-order valence-corrected chi connectivity index (χ4v) is 4.03. The van der Waals surface area contributed by atoms with Crippen LogP contribution in [0, 0.1) is 5.92 Å². The van der Waals surface area contributed by atoms with Crippen molar-refractivity contribution in [3.05, 3.63) is 41.6 Å². The molecule has 2 aliphatic rings. The molecule has 3 nitrogen and oxygen atoms in total. The van der Waals surface area contributed by atoms with E-state index in [2.05, 4.69) is 34.4 Å². The van der Waals surface area contributed by atoms with Crippen molar-refractivity contribution < 1.29 is 5.21 Å². The van der Waals surface area contributed by atoms with Crippen molar-refractivity contribution in [1.82, 2.24) is 4.98 Å². The van der Waals surface area contributed by atoms with E-state index in [4.69, 9.17) is 0 Å². The van der Waals surface area contributed by atoms with Crippen LogP contribution in [0.15, 0.2) is 41.2 Å². The van der Waals surface area contributed by atoms with Gasteiger partial charge in [-0.1, -0.05) is 29.6 Å². The summed E-state index contributed by atoms with van der Waals surface area (Å²) in [7, 11) is 0. The van der Waals surface area contributed by atoms with Crippen LogP contribution in [0.4, 0.5) is 0 Å². The molecule has 2 aliphatic carbocycles. The number of rotatable bonds is 2. The number of hydrogen-bond donors (Lipinski definition) is 2. The molecular formula is C18H20N2O. The lowest BCUT2D eigenvalue weighted by atomic mass is 9.90. The number of aromatic amines is 1. The van der Waals surface area contributed by atoms with Crippen LogP contribution < -0.4 is 0 Å². The van der Waals surface area contributed by atoms with Crippen molar-refractivity contribution in [3.8, 4) is 0 Å². The van der Waals surface area contributed by atoms with Crippen molar-refractivity contribution in [2.24, 2.45) is 11.1 Å². The molecule has 1 fully saturated rings. The predicted octanol–water partition coefficient (Wildman–Crippen LogP) is 4.74. The van der Waals surface area contributed by atoms with Crippen molar-refractivity contribution in [3.63, 3.8) is 0 Å². The lowest BCUT2D eigenvalue weighted by molar-refractivity contribution is 0.319. The monoisotopic (exact) mass is 280 g/mol. The van der Waals surface area contributed by atoms with Gasteiger partial charge in [0.25, 0.3) is 0 Å². The molecule has 1 aromatic carbocycles. The minimum Gasteiger partial charge on any atom is -0.411 e. The van der Waals surface area contributed by atoms with Crippen LogP contribution >= 0.6 is 0 Å². The lowest BCUT2D eigenvalue weighted by Gasteiger charge is -2.14. The highest BCUT2D eigenvalue weighted by Crippen LogP contribution is 2.42. The normalized spacial score (nSPS) is 22.0. The van der Waals surface area contributed by atoms with E-state index in [-0.39, 0.29) is 0 Å². The quantitative estimate of drug-likeness (QED) is 0.606. The number of benzene rings is 1. The molecule has 3 heteroatoms. The van der Waals surface area contributed by atoms with Crippen LogP contribution in [-0.2, 0) is 0 Å². The van der Waals surface area contributed by atoms with Crippen LogP contribution in [0.1, 0.15) is 44.1 Å². The lowest BCUT2D eigenvalue weighted by Crippen LogP contribution is -2.01. The minimum absolute atomic E-state index is 0.696. The van der Waals surface area contributed by atoms with Gasteiger partial charge in [-0.2, -0.15) is 0 Å². The van der Waals surface area contributed by atoms with E-state index < -0.39 is 0 Å². The number of nitrogens with one attached hydrogen (secondary N) is 1. The average Bonchev–Trinajstić information content (AvgIpc) is 3.24. The summed E-state index contributed by atoms with van der Waals surface area (Å²) in [5.41, 5.74) is 5.96. The van der Waals surface area contributed by atoms with Gasteiger partial charge in [-0.3, -0.25) is 0 Å². The zero-order chi connectivity index (χ0) is 14.2. The van der Waals surface area contributed by atoms with E-state index in [0.29, 0.717) is 5.92 Å². The number of nitrogens with zero attached hydrogens (tertiary/aromatic N) is 1. The van der Waals surface area contributed by atoms with E-state index in [1.54, 1.807) is 0 Å². The van der Waals surface area contributed by atoms with Crippen LogP contribution in [0.3, 0.4) is 0 Å². The van der Waals surface area contributed by atoms with Crippen LogP contribution in [-0.4, -0.2) is 15.9 Å². The SMILES string of the molecule is ON=C1CCC(C2CCCC2)=C1c1ccc2[nH]ccc2c1. The summed E-state index contributed by atoms with van der Waals surface area (Å²) in [4.78, 5) is 3.23. The summed E-state index contributed by atoms with van der Waals surface area (Å²) in [5, 5.41) is 14.2. The fourth-order valence-electron chi connectivity index (χ4n) is 4.03. The molecule has 21 heavy (non-hydrogen) atoms. The van der Waals surface area contributed by atoms with Gasteiger partial charge in [0.2, 0.25) is 0 Å². The molecule has 1 heterocycles. The Hall–Kier alpha value is -2.03. The summed E-state index contributed by atoms with van der Waals surface area (Å²) in [6, 6.07) is 8.59. The number of H-pyrrole nitrogens is 1. The Morgan fingerprint density at radius 2 is 1.95 bits per heavy atom. The molecule has 0 bridgehead atoms. The first kappa shape index (κ1) is 12.7. The second kappa shape index (κ2) is 5.06. The van der Waals surface area contributed by atoms with Gasteiger partial charge in [0.05, 0.1) is 5.71 Å². The Morgan fingerprint density at radius 3 is 2.76 bits per heavy atom. The molecule has 2 aromatic rings. The molecule has 0 aliphatic heterocycles. The Balaban J connectivity index is 1.85. The molecule has 0 saturated heterocycles. The second-order valence-electron chi connectivity index (χ2n) is 6.21. The maximum Gasteiger partial charge on any atom is 0.0876 e. The van der Waals surface area contributed by atoms with Crippen molar-refractivity contribution in [1.29, 1.82) is 0 Å². The molecule has 0 spiro atoms. The molecular weight excluding hydrogens is 260 g/mol. The Morgan fingerprint density at radius 1 is 1.10 bits per heavy atom. The number of fused-ring (bicyclic) bond motifs is 1. The van der Waals surface area contributed by atoms with E-state index in [9.17, 15) is 5.21 Å². The first-order valence-electron chi connectivity index (χ1n) is 7.88. The van der Waals surface area contributed by atoms with Gasteiger partial charge >= 0.3 is 0 Å². The number of allylic oxidation sites excluding steroid dienone is 2. The highest BCUT2D eigenvalue weighted by molar-refractivity contribution is 6.27. The van der Waals surface area contributed by atoms with Gasteiger partial charge < -0.3 is 10.2 Å². The standard InChI is InChI=1S/C18H20N2O/c21-20-17-8-6-15(12-3-1-2-4-12)18(17)14-5-7-16-13(11-14)9-10-19-16/h5,7,9-12,19,21H,1-4,6,8H2. The summed E-state index contributed by atoms with van der Waals surface area (Å²) < 4.78 is 0. The minimum atomic E-state index is 0.696. The molecule has 108 valence electrons. The number of aromatic nitrogens is 1. The zero-order valence-electron chi connectivity index (χ0n) is 12.1. The maximum atomic E-state index is 9.38. The number of hydrogen-bond acceptors (Lipinski definition) is 2. The molecule has 0 amide bonds. The molecule has 2 N–H and O–H groups in total. The van der Waals surface area contributed by atoms with Crippen molar-refractivity contribution >= 4 is 22.2 Å². The van der Waals surface area contributed by atoms with Gasteiger partial charge in [-0.05, 0) is 60.7 Å². The fraction of sp³-hybridized carbons (Fsp3) is 0.389. The Kier molecular flexibility index (Phi) is 3.06. The topological polar surface area (TPSA) is 48.4 Å². The molecule has 1 aromatic heterocycles. The van der Waals surface area contributed by atoms with Gasteiger partial charge in [-0.25, -0.2) is 0 Å². The first-order chi connectivity index (χ1) is 10.4. The van der Waals surface area contributed by atoms with Crippen molar-refractivity contribution in [2.45, 2.75) is 38.5 Å². The molecule has 4 rings (SSSR count). The smallest absolute Gasteiger partial charge is 0.0876 e. The highest BCUT2D eigenvalue weighted by Gasteiger charge is 2.30. The Bertz CT molecular complexity index is 733. The van der Waals surface area contributed by atoms with E-state index in [1.165, 1.54) is 47.8 Å². The molecule has 1 saturated carbocycles. The third-order valence-corrected chi connectivity index (χ3v) is 5.05. The van der Waals surface area contributed by atoms with Gasteiger partial charge in [0.15, 0.2) is 0 Å². The molecule has 0 unspecified atom stereocenters. The highest BCUT2D eigenvalue weighted by atomic mass is 16.4. The summed E-state index contributed by atoms with van der Waals surface area (Å²) >= 11 is 0. The zero-order valence-corrected chi connectivity index (χ0v) is 12.1.